The second-order valence-electron chi connectivity index (χ2n) is 8.49. The second kappa shape index (κ2) is 11.9. The first-order valence-electron chi connectivity index (χ1n) is 11.2. The molecule has 1 aliphatic heterocycles. The lowest BCUT2D eigenvalue weighted by molar-refractivity contribution is -0.110. The molecule has 1 saturated heterocycles. The molecular formula is C26H25Cl4N3O2. The number of halogens is 4. The van der Waals surface area contributed by atoms with Crippen molar-refractivity contribution in [3.63, 3.8) is 0 Å². The van der Waals surface area contributed by atoms with Gasteiger partial charge in [0.05, 0.1) is 12.1 Å². The average Bonchev–Trinajstić information content (AvgIpc) is 2.81. The van der Waals surface area contributed by atoms with Crippen LogP contribution in [-0.4, -0.2) is 48.3 Å². The van der Waals surface area contributed by atoms with E-state index in [9.17, 15) is 4.79 Å². The number of rotatable bonds is 8. The van der Waals surface area contributed by atoms with Gasteiger partial charge in [-0.15, -0.1) is 0 Å². The van der Waals surface area contributed by atoms with Crippen molar-refractivity contribution in [2.24, 2.45) is 5.73 Å². The number of carbonyl (C=O) groups excluding carboxylic acids is 1. The molecule has 1 heterocycles. The minimum absolute atomic E-state index is 0.305. The number of hydrogen-bond acceptors (Lipinski definition) is 5. The van der Waals surface area contributed by atoms with Crippen molar-refractivity contribution in [1.29, 1.82) is 0 Å². The molecule has 3 aromatic rings. The van der Waals surface area contributed by atoms with E-state index in [-0.39, 0.29) is 6.04 Å². The first-order valence-corrected chi connectivity index (χ1v) is 12.7. The number of nitrogens with zero attached hydrogens (tertiary/aromatic N) is 2. The van der Waals surface area contributed by atoms with Crippen LogP contribution in [0.4, 0.5) is 0 Å². The van der Waals surface area contributed by atoms with Crippen LogP contribution in [0, 0.1) is 0 Å². The molecule has 35 heavy (non-hydrogen) atoms. The molecule has 0 saturated carbocycles. The summed E-state index contributed by atoms with van der Waals surface area (Å²) >= 11 is 24.7. The maximum absolute atomic E-state index is 11.6. The minimum Gasteiger partial charge on any atom is -0.457 e. The number of piperazine rings is 1. The fourth-order valence-electron chi connectivity index (χ4n) is 4.35. The van der Waals surface area contributed by atoms with Crippen molar-refractivity contribution in [3.8, 4) is 11.5 Å². The minimum atomic E-state index is -0.686. The molecule has 9 heteroatoms. The standard InChI is InChI=1S/C26H25Cl4N3O2/c27-18-4-5-23(24(30)14-18)26(25(31)16-34)33-8-6-32(7-9-33)15-17-2-1-3-21(10-17)35-22-12-19(28)11-20(29)13-22/h1-5,10-14,16,25-26H,6-9,15,31H2. The van der Waals surface area contributed by atoms with Crippen LogP contribution in [-0.2, 0) is 11.3 Å². The maximum Gasteiger partial charge on any atom is 0.138 e. The fraction of sp³-hybridized carbons (Fsp3) is 0.269. The molecule has 1 aliphatic rings. The third-order valence-electron chi connectivity index (χ3n) is 5.98. The molecule has 184 valence electrons. The fourth-order valence-corrected chi connectivity index (χ4v) is 5.38. The highest BCUT2D eigenvalue weighted by atomic mass is 35.5. The van der Waals surface area contributed by atoms with E-state index in [2.05, 4.69) is 15.9 Å². The number of carbonyl (C=O) groups is 1. The monoisotopic (exact) mass is 551 g/mol. The number of benzene rings is 3. The van der Waals surface area contributed by atoms with Gasteiger partial charge in [-0.05, 0) is 53.6 Å². The Labute approximate surface area is 225 Å². The summed E-state index contributed by atoms with van der Waals surface area (Å²) in [6.07, 6.45) is 0.778. The molecule has 0 spiro atoms. The Bertz CT molecular complexity index is 1160. The van der Waals surface area contributed by atoms with Gasteiger partial charge in [-0.1, -0.05) is 64.6 Å². The maximum atomic E-state index is 11.6. The Morgan fingerprint density at radius 3 is 2.23 bits per heavy atom. The summed E-state index contributed by atoms with van der Waals surface area (Å²) in [6.45, 7) is 3.92. The number of ether oxygens (including phenoxy) is 1. The van der Waals surface area contributed by atoms with Gasteiger partial charge in [0.2, 0.25) is 0 Å². The average molecular weight is 553 g/mol. The molecule has 3 aromatic carbocycles. The van der Waals surface area contributed by atoms with Crippen LogP contribution < -0.4 is 10.5 Å². The van der Waals surface area contributed by atoms with Crippen LogP contribution in [0.25, 0.3) is 0 Å². The first-order chi connectivity index (χ1) is 16.8. The molecule has 0 aliphatic carbocycles. The third kappa shape index (κ3) is 6.89. The molecule has 2 atom stereocenters. The van der Waals surface area contributed by atoms with Crippen LogP contribution in [0.15, 0.2) is 60.7 Å². The van der Waals surface area contributed by atoms with Crippen LogP contribution in [0.2, 0.25) is 20.1 Å². The van der Waals surface area contributed by atoms with Gasteiger partial charge in [0.25, 0.3) is 0 Å². The molecule has 5 nitrogen and oxygen atoms in total. The Kier molecular flexibility index (Phi) is 8.95. The first kappa shape index (κ1) is 26.2. The van der Waals surface area contributed by atoms with E-state index in [1.54, 1.807) is 30.3 Å². The summed E-state index contributed by atoms with van der Waals surface area (Å²) < 4.78 is 5.96. The van der Waals surface area contributed by atoms with Crippen LogP contribution >= 0.6 is 46.4 Å². The lowest BCUT2D eigenvalue weighted by Crippen LogP contribution is -2.51. The van der Waals surface area contributed by atoms with Crippen LogP contribution in [0.3, 0.4) is 0 Å². The lowest BCUT2D eigenvalue weighted by Gasteiger charge is -2.41. The van der Waals surface area contributed by atoms with E-state index in [1.807, 2.05) is 24.3 Å². The van der Waals surface area contributed by atoms with E-state index in [0.717, 1.165) is 50.1 Å². The van der Waals surface area contributed by atoms with Crippen molar-refractivity contribution >= 4 is 52.7 Å². The zero-order valence-electron chi connectivity index (χ0n) is 18.8. The molecule has 0 radical (unpaired) electrons. The number of aldehydes is 1. The van der Waals surface area contributed by atoms with Crippen molar-refractivity contribution in [2.75, 3.05) is 26.2 Å². The molecule has 2 N–H and O–H groups in total. The summed E-state index contributed by atoms with van der Waals surface area (Å²) in [6, 6.07) is 17.4. The van der Waals surface area contributed by atoms with E-state index in [1.165, 1.54) is 0 Å². The van der Waals surface area contributed by atoms with Gasteiger partial charge in [0, 0.05) is 52.8 Å². The van der Waals surface area contributed by atoms with Crippen LogP contribution in [0.1, 0.15) is 17.2 Å². The third-order valence-corrected chi connectivity index (χ3v) is 6.98. The quantitative estimate of drug-likeness (QED) is 0.324. The summed E-state index contributed by atoms with van der Waals surface area (Å²) in [7, 11) is 0. The van der Waals surface area contributed by atoms with Gasteiger partial charge in [-0.2, -0.15) is 0 Å². The van der Waals surface area contributed by atoms with Crippen molar-refractivity contribution in [3.05, 3.63) is 91.9 Å². The summed E-state index contributed by atoms with van der Waals surface area (Å²) in [5.41, 5.74) is 8.14. The van der Waals surface area contributed by atoms with E-state index < -0.39 is 6.04 Å². The van der Waals surface area contributed by atoms with Crippen molar-refractivity contribution in [2.45, 2.75) is 18.6 Å². The largest absolute Gasteiger partial charge is 0.457 e. The topological polar surface area (TPSA) is 58.8 Å². The Hall–Kier alpha value is -1.83. The molecular weight excluding hydrogens is 528 g/mol. The summed E-state index contributed by atoms with van der Waals surface area (Å²) in [4.78, 5) is 16.2. The number of nitrogens with two attached hydrogens (primary N) is 1. The van der Waals surface area contributed by atoms with Crippen molar-refractivity contribution in [1.82, 2.24) is 9.80 Å². The predicted molar refractivity (Wildman–Crippen MR) is 143 cm³/mol. The SMILES string of the molecule is NC(C=O)C(c1ccc(Cl)cc1Cl)N1CCN(Cc2cccc(Oc3cc(Cl)cc(Cl)c3)c2)CC1. The van der Waals surface area contributed by atoms with Gasteiger partial charge >= 0.3 is 0 Å². The van der Waals surface area contributed by atoms with Gasteiger partial charge in [-0.3, -0.25) is 9.80 Å². The Morgan fingerprint density at radius 2 is 1.57 bits per heavy atom. The zero-order chi connectivity index (χ0) is 24.9. The second-order valence-corrected chi connectivity index (χ2v) is 10.2. The molecule has 0 amide bonds. The molecule has 0 bridgehead atoms. The molecule has 1 fully saturated rings. The van der Waals surface area contributed by atoms with E-state index in [4.69, 9.17) is 56.9 Å². The van der Waals surface area contributed by atoms with E-state index in [0.29, 0.717) is 31.6 Å². The highest BCUT2D eigenvalue weighted by Gasteiger charge is 2.31. The van der Waals surface area contributed by atoms with Crippen molar-refractivity contribution < 1.29 is 9.53 Å². The molecule has 0 aromatic heterocycles. The lowest BCUT2D eigenvalue weighted by atomic mass is 9.98. The van der Waals surface area contributed by atoms with E-state index >= 15 is 0 Å². The number of hydrogen-bond donors (Lipinski definition) is 1. The highest BCUT2D eigenvalue weighted by Crippen LogP contribution is 2.33. The highest BCUT2D eigenvalue weighted by molar-refractivity contribution is 6.35. The summed E-state index contributed by atoms with van der Waals surface area (Å²) in [5, 5.41) is 2.11. The van der Waals surface area contributed by atoms with Gasteiger partial charge in [0.15, 0.2) is 0 Å². The zero-order valence-corrected chi connectivity index (χ0v) is 21.9. The van der Waals surface area contributed by atoms with Crippen LogP contribution in [0.5, 0.6) is 11.5 Å². The predicted octanol–water partition coefficient (Wildman–Crippen LogP) is 6.48. The normalized spacial score (nSPS) is 16.6. The molecule has 4 rings (SSSR count). The Morgan fingerprint density at radius 1 is 0.857 bits per heavy atom. The summed E-state index contributed by atoms with van der Waals surface area (Å²) in [5.74, 6) is 1.31. The van der Waals surface area contributed by atoms with Gasteiger partial charge in [-0.25, -0.2) is 0 Å². The smallest absolute Gasteiger partial charge is 0.138 e. The van der Waals surface area contributed by atoms with Gasteiger partial charge < -0.3 is 15.3 Å². The molecule has 2 unspecified atom stereocenters. The Balaban J connectivity index is 1.40. The van der Waals surface area contributed by atoms with Gasteiger partial charge in [0.1, 0.15) is 17.8 Å².